The second-order valence-corrected chi connectivity index (χ2v) is 8.24. The maximum atomic E-state index is 12.8. The fourth-order valence-corrected chi connectivity index (χ4v) is 4.57. The zero-order valence-electron chi connectivity index (χ0n) is 13.2. The minimum atomic E-state index is -3.43. The zero-order valence-corrected chi connectivity index (χ0v) is 14.0. The van der Waals surface area contributed by atoms with E-state index < -0.39 is 10.0 Å². The van der Waals surface area contributed by atoms with Gasteiger partial charge in [0.2, 0.25) is 10.0 Å². The van der Waals surface area contributed by atoms with Crippen LogP contribution in [0.5, 0.6) is 0 Å². The van der Waals surface area contributed by atoms with Crippen LogP contribution < -0.4 is 5.73 Å². The fraction of sp³-hybridized carbons (Fsp3) is 0.625. The molecule has 2 unspecified atom stereocenters. The molecule has 0 saturated heterocycles. The van der Waals surface area contributed by atoms with Crippen LogP contribution in [-0.4, -0.2) is 25.8 Å². The van der Waals surface area contributed by atoms with Crippen LogP contribution in [-0.2, 0) is 16.6 Å². The van der Waals surface area contributed by atoms with Crippen LogP contribution in [0, 0.1) is 12.8 Å². The first-order valence-electron chi connectivity index (χ1n) is 7.64. The number of sulfonamides is 1. The number of nitrogens with zero attached hydrogens (tertiary/aromatic N) is 1. The number of aryl methyl sites for hydroxylation is 1. The summed E-state index contributed by atoms with van der Waals surface area (Å²) in [7, 11) is -1.73. The minimum absolute atomic E-state index is 0.112. The summed E-state index contributed by atoms with van der Waals surface area (Å²) in [4.78, 5) is 0.356. The Balaban J connectivity index is 2.28. The van der Waals surface area contributed by atoms with E-state index in [4.69, 9.17) is 5.73 Å². The van der Waals surface area contributed by atoms with Gasteiger partial charge < -0.3 is 5.73 Å². The molecular weight excluding hydrogens is 284 g/mol. The first-order chi connectivity index (χ1) is 9.86. The topological polar surface area (TPSA) is 63.4 Å². The van der Waals surface area contributed by atoms with Crippen molar-refractivity contribution in [1.82, 2.24) is 4.31 Å². The van der Waals surface area contributed by atoms with Crippen molar-refractivity contribution < 1.29 is 8.42 Å². The molecule has 0 amide bonds. The van der Waals surface area contributed by atoms with E-state index in [0.717, 1.165) is 30.4 Å². The Morgan fingerprint density at radius 3 is 2.67 bits per heavy atom. The summed E-state index contributed by atoms with van der Waals surface area (Å²) in [5, 5.41) is 0. The van der Waals surface area contributed by atoms with Crippen LogP contribution in [0.25, 0.3) is 0 Å². The van der Waals surface area contributed by atoms with Gasteiger partial charge in [-0.05, 0) is 48.9 Å². The van der Waals surface area contributed by atoms with Gasteiger partial charge in [0.25, 0.3) is 0 Å². The van der Waals surface area contributed by atoms with Crippen LogP contribution in [0.4, 0.5) is 0 Å². The van der Waals surface area contributed by atoms with Gasteiger partial charge >= 0.3 is 0 Å². The number of hydrogen-bond acceptors (Lipinski definition) is 3. The third-order valence-corrected chi connectivity index (χ3v) is 6.55. The second kappa shape index (κ2) is 6.46. The standard InChI is InChI=1S/C16H26N2O2S/c1-12-5-4-6-15(9-12)18(3)21(19,20)16-8-7-13(2)14(10-16)11-17/h7-8,10,12,15H,4-6,9,11,17H2,1-3H3. The highest BCUT2D eigenvalue weighted by Gasteiger charge is 2.31. The fourth-order valence-electron chi connectivity index (χ4n) is 3.12. The summed E-state index contributed by atoms with van der Waals surface area (Å²) >= 11 is 0. The molecule has 2 rings (SSSR count). The molecule has 0 aromatic heterocycles. The Kier molecular flexibility index (Phi) is 5.07. The molecule has 4 nitrogen and oxygen atoms in total. The summed E-state index contributed by atoms with van der Waals surface area (Å²) in [5.74, 6) is 0.596. The zero-order chi connectivity index (χ0) is 15.6. The van der Waals surface area contributed by atoms with Crippen LogP contribution >= 0.6 is 0 Å². The Bertz CT molecular complexity index is 598. The lowest BCUT2D eigenvalue weighted by atomic mass is 9.87. The average molecular weight is 310 g/mol. The van der Waals surface area contributed by atoms with Crippen molar-refractivity contribution in [2.75, 3.05) is 7.05 Å². The van der Waals surface area contributed by atoms with Crippen molar-refractivity contribution in [2.45, 2.75) is 57.0 Å². The van der Waals surface area contributed by atoms with E-state index in [1.54, 1.807) is 23.5 Å². The van der Waals surface area contributed by atoms with E-state index in [0.29, 0.717) is 17.4 Å². The van der Waals surface area contributed by atoms with Crippen LogP contribution in [0.15, 0.2) is 23.1 Å². The maximum absolute atomic E-state index is 12.8. The van der Waals surface area contributed by atoms with Gasteiger partial charge in [0.1, 0.15) is 0 Å². The van der Waals surface area contributed by atoms with Gasteiger partial charge in [-0.2, -0.15) is 4.31 Å². The number of hydrogen-bond donors (Lipinski definition) is 1. The highest BCUT2D eigenvalue weighted by atomic mass is 32.2. The molecule has 1 fully saturated rings. The van der Waals surface area contributed by atoms with E-state index >= 15 is 0 Å². The molecule has 0 heterocycles. The van der Waals surface area contributed by atoms with Gasteiger partial charge in [-0.25, -0.2) is 8.42 Å². The lowest BCUT2D eigenvalue weighted by molar-refractivity contribution is 0.239. The third-order valence-electron chi connectivity index (χ3n) is 4.64. The van der Waals surface area contributed by atoms with E-state index in [1.165, 1.54) is 6.42 Å². The van der Waals surface area contributed by atoms with Gasteiger partial charge in [-0.1, -0.05) is 25.8 Å². The average Bonchev–Trinajstić information content (AvgIpc) is 2.46. The Morgan fingerprint density at radius 1 is 1.33 bits per heavy atom. The number of benzene rings is 1. The highest BCUT2D eigenvalue weighted by Crippen LogP contribution is 2.30. The molecule has 0 spiro atoms. The summed E-state index contributed by atoms with van der Waals surface area (Å²) in [6.45, 7) is 4.51. The smallest absolute Gasteiger partial charge is 0.243 e. The number of nitrogens with two attached hydrogens (primary N) is 1. The second-order valence-electron chi connectivity index (χ2n) is 6.24. The van der Waals surface area contributed by atoms with Crippen LogP contribution in [0.2, 0.25) is 0 Å². The molecular formula is C16H26N2O2S. The molecule has 1 aromatic rings. The number of rotatable bonds is 4. The van der Waals surface area contributed by atoms with Crippen molar-refractivity contribution >= 4 is 10.0 Å². The lowest BCUT2D eigenvalue weighted by Gasteiger charge is -2.33. The summed E-state index contributed by atoms with van der Waals surface area (Å²) in [6.07, 6.45) is 4.21. The molecule has 0 aliphatic heterocycles. The lowest BCUT2D eigenvalue weighted by Crippen LogP contribution is -2.39. The third kappa shape index (κ3) is 3.47. The predicted octanol–water partition coefficient (Wildman–Crippen LogP) is 2.65. The maximum Gasteiger partial charge on any atom is 0.243 e. The predicted molar refractivity (Wildman–Crippen MR) is 85.4 cm³/mol. The highest BCUT2D eigenvalue weighted by molar-refractivity contribution is 7.89. The van der Waals surface area contributed by atoms with Crippen LogP contribution in [0.1, 0.15) is 43.7 Å². The molecule has 2 N–H and O–H groups in total. The van der Waals surface area contributed by atoms with Crippen molar-refractivity contribution in [1.29, 1.82) is 0 Å². The van der Waals surface area contributed by atoms with Gasteiger partial charge in [0, 0.05) is 19.6 Å². The van der Waals surface area contributed by atoms with Crippen molar-refractivity contribution in [3.8, 4) is 0 Å². The van der Waals surface area contributed by atoms with Crippen molar-refractivity contribution in [3.63, 3.8) is 0 Å². The first kappa shape index (κ1) is 16.5. The van der Waals surface area contributed by atoms with Gasteiger partial charge in [-0.3, -0.25) is 0 Å². The SMILES string of the molecule is Cc1ccc(S(=O)(=O)N(C)C2CCCC(C)C2)cc1CN. The van der Waals surface area contributed by atoms with E-state index in [2.05, 4.69) is 6.92 Å². The van der Waals surface area contributed by atoms with E-state index in [9.17, 15) is 8.42 Å². The quantitative estimate of drug-likeness (QED) is 0.930. The first-order valence-corrected chi connectivity index (χ1v) is 9.08. The molecule has 1 aromatic carbocycles. The molecule has 118 valence electrons. The summed E-state index contributed by atoms with van der Waals surface area (Å²) in [6, 6.07) is 5.35. The summed E-state index contributed by atoms with van der Waals surface area (Å²) in [5.41, 5.74) is 7.61. The Labute approximate surface area is 128 Å². The molecule has 21 heavy (non-hydrogen) atoms. The van der Waals surface area contributed by atoms with Crippen molar-refractivity contribution in [2.24, 2.45) is 11.7 Å². The molecule has 0 bridgehead atoms. The molecule has 0 radical (unpaired) electrons. The largest absolute Gasteiger partial charge is 0.326 e. The summed E-state index contributed by atoms with van der Waals surface area (Å²) < 4.78 is 27.2. The molecule has 1 saturated carbocycles. The van der Waals surface area contributed by atoms with Crippen LogP contribution in [0.3, 0.4) is 0 Å². The molecule has 5 heteroatoms. The van der Waals surface area contributed by atoms with E-state index in [-0.39, 0.29) is 6.04 Å². The van der Waals surface area contributed by atoms with Gasteiger partial charge in [-0.15, -0.1) is 0 Å². The molecule has 1 aliphatic carbocycles. The van der Waals surface area contributed by atoms with Crippen molar-refractivity contribution in [3.05, 3.63) is 29.3 Å². The molecule has 2 atom stereocenters. The normalized spacial score (nSPS) is 23.5. The van der Waals surface area contributed by atoms with Gasteiger partial charge in [0.15, 0.2) is 0 Å². The Morgan fingerprint density at radius 2 is 2.05 bits per heavy atom. The van der Waals surface area contributed by atoms with Gasteiger partial charge in [0.05, 0.1) is 4.90 Å². The Hall–Kier alpha value is -0.910. The molecule has 1 aliphatic rings. The monoisotopic (exact) mass is 310 g/mol. The minimum Gasteiger partial charge on any atom is -0.326 e. The van der Waals surface area contributed by atoms with E-state index in [1.807, 2.05) is 13.0 Å².